The number of hydrogen-bond acceptors (Lipinski definition) is 5. The van der Waals surface area contributed by atoms with Crippen molar-refractivity contribution in [2.75, 3.05) is 23.4 Å². The summed E-state index contributed by atoms with van der Waals surface area (Å²) in [5.41, 5.74) is 11.4. The van der Waals surface area contributed by atoms with Gasteiger partial charge in [0.25, 0.3) is 5.91 Å². The molecule has 0 unspecified atom stereocenters. The average Bonchev–Trinajstić information content (AvgIpc) is 3.33. The highest BCUT2D eigenvalue weighted by Gasteiger charge is 2.19. The van der Waals surface area contributed by atoms with Crippen LogP contribution in [0.4, 0.5) is 11.4 Å². The van der Waals surface area contributed by atoms with Crippen molar-refractivity contribution in [1.29, 1.82) is 5.41 Å². The number of nitrogens with one attached hydrogen (secondary N) is 2. The average molecular weight is 547 g/mol. The van der Waals surface area contributed by atoms with Gasteiger partial charge < -0.3 is 25.3 Å². The first-order valence-corrected chi connectivity index (χ1v) is 13.6. The predicted octanol–water partition coefficient (Wildman–Crippen LogP) is 5.72. The van der Waals surface area contributed by atoms with E-state index in [2.05, 4.69) is 5.32 Å². The van der Waals surface area contributed by atoms with E-state index in [9.17, 15) is 4.79 Å². The number of carbonyl (C=O) groups excluding carboxylic acids is 1. The van der Waals surface area contributed by atoms with E-state index in [1.807, 2.05) is 120 Å². The van der Waals surface area contributed by atoms with Gasteiger partial charge in [0.2, 0.25) is 0 Å². The standard InChI is InChI=1S/C33H34N6O2/c1-38-30-18-15-26(21-29(30)37-31(38)22-36-27-16-13-25(14-17-27)32(34)35)33(40)39(28-11-6-3-7-12-28)19-8-20-41-23-24-9-4-2-5-10-24/h2-7,9-18,21,36H,8,19-20,22-23H2,1H3,(H3,34,35). The number of aryl methyl sites for hydroxylation is 1. The Morgan fingerprint density at radius 3 is 2.34 bits per heavy atom. The van der Waals surface area contributed by atoms with Crippen LogP contribution in [0.5, 0.6) is 0 Å². The fourth-order valence-electron chi connectivity index (χ4n) is 4.69. The summed E-state index contributed by atoms with van der Waals surface area (Å²) >= 11 is 0. The molecule has 0 bridgehead atoms. The number of ether oxygens (including phenoxy) is 1. The molecule has 208 valence electrons. The lowest BCUT2D eigenvalue weighted by Gasteiger charge is -2.23. The second kappa shape index (κ2) is 12.9. The molecule has 1 heterocycles. The number of rotatable bonds is 12. The molecule has 8 heteroatoms. The van der Waals surface area contributed by atoms with Crippen molar-refractivity contribution in [3.05, 3.63) is 126 Å². The first-order chi connectivity index (χ1) is 20.0. The molecule has 5 aromatic rings. The number of amides is 1. The third kappa shape index (κ3) is 6.80. The quantitative estimate of drug-likeness (QED) is 0.105. The number of nitrogens with two attached hydrogens (primary N) is 1. The summed E-state index contributed by atoms with van der Waals surface area (Å²) in [6, 6.07) is 32.9. The third-order valence-electron chi connectivity index (χ3n) is 6.96. The Morgan fingerprint density at radius 1 is 0.951 bits per heavy atom. The summed E-state index contributed by atoms with van der Waals surface area (Å²) in [6.45, 7) is 2.15. The van der Waals surface area contributed by atoms with Crippen molar-refractivity contribution < 1.29 is 9.53 Å². The first kappa shape index (κ1) is 27.6. The Bertz CT molecular complexity index is 1610. The van der Waals surface area contributed by atoms with Crippen molar-refractivity contribution >= 4 is 34.2 Å². The van der Waals surface area contributed by atoms with Crippen LogP contribution >= 0.6 is 0 Å². The summed E-state index contributed by atoms with van der Waals surface area (Å²) in [4.78, 5) is 20.4. The minimum Gasteiger partial charge on any atom is -0.384 e. The Balaban J connectivity index is 1.27. The van der Waals surface area contributed by atoms with E-state index in [1.54, 1.807) is 0 Å². The number of carbonyl (C=O) groups is 1. The van der Waals surface area contributed by atoms with Gasteiger partial charge in [0.15, 0.2) is 0 Å². The van der Waals surface area contributed by atoms with Crippen LogP contribution in [-0.4, -0.2) is 34.4 Å². The molecule has 5 rings (SSSR count). The normalized spacial score (nSPS) is 11.0. The molecule has 1 aromatic heterocycles. The summed E-state index contributed by atoms with van der Waals surface area (Å²) in [7, 11) is 1.97. The summed E-state index contributed by atoms with van der Waals surface area (Å²) in [5.74, 6) is 0.812. The second-order valence-corrected chi connectivity index (χ2v) is 9.82. The summed E-state index contributed by atoms with van der Waals surface area (Å²) in [6.07, 6.45) is 0.711. The van der Waals surface area contributed by atoms with E-state index < -0.39 is 0 Å². The van der Waals surface area contributed by atoms with Gasteiger partial charge in [-0.2, -0.15) is 0 Å². The van der Waals surface area contributed by atoms with Gasteiger partial charge in [0, 0.05) is 42.7 Å². The molecule has 8 nitrogen and oxygen atoms in total. The first-order valence-electron chi connectivity index (χ1n) is 13.6. The molecule has 1 amide bonds. The van der Waals surface area contributed by atoms with Crippen LogP contribution in [0.25, 0.3) is 11.0 Å². The van der Waals surface area contributed by atoms with E-state index in [-0.39, 0.29) is 11.7 Å². The number of nitrogens with zero attached hydrogens (tertiary/aromatic N) is 3. The number of imidazole rings is 1. The lowest BCUT2D eigenvalue weighted by atomic mass is 10.1. The van der Waals surface area contributed by atoms with Crippen LogP contribution in [-0.2, 0) is 24.9 Å². The fraction of sp³-hybridized carbons (Fsp3) is 0.182. The molecule has 41 heavy (non-hydrogen) atoms. The number of nitrogen functional groups attached to an aromatic ring is 1. The van der Waals surface area contributed by atoms with E-state index in [4.69, 9.17) is 20.9 Å². The molecule has 0 saturated heterocycles. The zero-order valence-corrected chi connectivity index (χ0v) is 23.1. The van der Waals surface area contributed by atoms with Gasteiger partial charge in [0.1, 0.15) is 11.7 Å². The van der Waals surface area contributed by atoms with Gasteiger partial charge >= 0.3 is 0 Å². The van der Waals surface area contributed by atoms with Gasteiger partial charge in [0.05, 0.1) is 24.2 Å². The predicted molar refractivity (Wildman–Crippen MR) is 164 cm³/mol. The monoisotopic (exact) mass is 546 g/mol. The van der Waals surface area contributed by atoms with E-state index in [0.717, 1.165) is 33.8 Å². The van der Waals surface area contributed by atoms with Crippen LogP contribution in [0.2, 0.25) is 0 Å². The lowest BCUT2D eigenvalue weighted by Crippen LogP contribution is -2.32. The van der Waals surface area contributed by atoms with Crippen molar-refractivity contribution in [2.24, 2.45) is 12.8 Å². The van der Waals surface area contributed by atoms with Crippen molar-refractivity contribution in [2.45, 2.75) is 19.6 Å². The van der Waals surface area contributed by atoms with Crippen molar-refractivity contribution in [1.82, 2.24) is 9.55 Å². The van der Waals surface area contributed by atoms with Crippen LogP contribution in [0.15, 0.2) is 103 Å². The zero-order chi connectivity index (χ0) is 28.6. The second-order valence-electron chi connectivity index (χ2n) is 9.82. The van der Waals surface area contributed by atoms with Crippen LogP contribution in [0.1, 0.15) is 33.7 Å². The Morgan fingerprint density at radius 2 is 1.63 bits per heavy atom. The highest BCUT2D eigenvalue weighted by Crippen LogP contribution is 2.22. The largest absolute Gasteiger partial charge is 0.384 e. The zero-order valence-electron chi connectivity index (χ0n) is 23.1. The summed E-state index contributed by atoms with van der Waals surface area (Å²) in [5, 5.41) is 10.9. The molecule has 4 aromatic carbocycles. The number of aromatic nitrogens is 2. The van der Waals surface area contributed by atoms with E-state index in [1.165, 1.54) is 0 Å². The molecule has 0 aliphatic rings. The Labute approximate surface area is 239 Å². The van der Waals surface area contributed by atoms with Gasteiger partial charge in [-0.1, -0.05) is 48.5 Å². The molecule has 0 radical (unpaired) electrons. The molecule has 0 saturated carbocycles. The number of para-hydroxylation sites is 1. The number of fused-ring (bicyclic) bond motifs is 1. The lowest BCUT2D eigenvalue weighted by molar-refractivity contribution is 0.0973. The molecular formula is C33H34N6O2. The maximum absolute atomic E-state index is 13.8. The van der Waals surface area contributed by atoms with Gasteiger partial charge in [-0.15, -0.1) is 0 Å². The molecule has 0 aliphatic carbocycles. The van der Waals surface area contributed by atoms with E-state index >= 15 is 0 Å². The topological polar surface area (TPSA) is 109 Å². The molecule has 0 fully saturated rings. The minimum absolute atomic E-state index is 0.0412. The maximum Gasteiger partial charge on any atom is 0.258 e. The summed E-state index contributed by atoms with van der Waals surface area (Å²) < 4.78 is 7.89. The minimum atomic E-state index is -0.0722. The maximum atomic E-state index is 13.8. The molecular weight excluding hydrogens is 512 g/mol. The van der Waals surface area contributed by atoms with Gasteiger partial charge in [-0.05, 0) is 66.6 Å². The SMILES string of the molecule is Cn1c(CNc2ccc(C(=N)N)cc2)nc2cc(C(=O)N(CCCOCc3ccccc3)c3ccccc3)ccc21. The molecule has 0 atom stereocenters. The third-order valence-corrected chi connectivity index (χ3v) is 6.96. The number of amidine groups is 1. The Hall–Kier alpha value is -4.95. The van der Waals surface area contributed by atoms with Crippen molar-refractivity contribution in [3.63, 3.8) is 0 Å². The number of anilines is 2. The molecule has 0 aliphatic heterocycles. The van der Waals surface area contributed by atoms with Gasteiger partial charge in [-0.3, -0.25) is 10.2 Å². The van der Waals surface area contributed by atoms with Crippen LogP contribution in [0.3, 0.4) is 0 Å². The van der Waals surface area contributed by atoms with Crippen molar-refractivity contribution in [3.8, 4) is 0 Å². The number of hydrogen-bond donors (Lipinski definition) is 3. The van der Waals surface area contributed by atoms with Gasteiger partial charge in [-0.25, -0.2) is 4.98 Å². The molecule has 4 N–H and O–H groups in total. The van der Waals surface area contributed by atoms with E-state index in [0.29, 0.717) is 43.9 Å². The van der Waals surface area contributed by atoms with Crippen LogP contribution < -0.4 is 16.0 Å². The van der Waals surface area contributed by atoms with Crippen LogP contribution in [0, 0.1) is 5.41 Å². The highest BCUT2D eigenvalue weighted by molar-refractivity contribution is 6.07. The highest BCUT2D eigenvalue weighted by atomic mass is 16.5. The molecule has 0 spiro atoms. The smallest absolute Gasteiger partial charge is 0.258 e. The Kier molecular flexibility index (Phi) is 8.71. The fourth-order valence-corrected chi connectivity index (χ4v) is 4.69. The number of benzene rings is 4.